The molecule has 2 amide bonds. The van der Waals surface area contributed by atoms with E-state index in [1.165, 1.54) is 0 Å². The number of likely N-dealkylation sites (tertiary alicyclic amines) is 1. The first-order chi connectivity index (χ1) is 14.0. The van der Waals surface area contributed by atoms with E-state index < -0.39 is 5.54 Å². The maximum atomic E-state index is 13.8. The average molecular weight is 390 g/mol. The molecule has 6 nitrogen and oxygen atoms in total. The van der Waals surface area contributed by atoms with Crippen LogP contribution in [-0.4, -0.2) is 47.2 Å². The Balaban J connectivity index is 1.66. The number of nitrogens with one attached hydrogen (secondary N) is 2. The van der Waals surface area contributed by atoms with E-state index in [2.05, 4.69) is 5.32 Å². The Labute approximate surface area is 171 Å². The van der Waals surface area contributed by atoms with E-state index in [0.717, 1.165) is 30.5 Å². The molecule has 1 atom stereocenters. The smallest absolute Gasteiger partial charge is 0.264 e. The van der Waals surface area contributed by atoms with Crippen LogP contribution in [0.25, 0.3) is 0 Å². The third-order valence-corrected chi connectivity index (χ3v) is 5.96. The van der Waals surface area contributed by atoms with Crippen LogP contribution in [0.2, 0.25) is 0 Å². The van der Waals surface area contributed by atoms with Gasteiger partial charge in [-0.1, -0.05) is 60.7 Å². The van der Waals surface area contributed by atoms with Crippen LogP contribution in [0.3, 0.4) is 0 Å². The Kier molecular flexibility index (Phi) is 5.09. The predicted molar refractivity (Wildman–Crippen MR) is 111 cm³/mol. The molecule has 6 heteroatoms. The van der Waals surface area contributed by atoms with Crippen molar-refractivity contribution in [3.63, 3.8) is 0 Å². The summed E-state index contributed by atoms with van der Waals surface area (Å²) in [5.74, 6) is 0.210. The van der Waals surface area contributed by atoms with Gasteiger partial charge in [0, 0.05) is 26.6 Å². The van der Waals surface area contributed by atoms with Gasteiger partial charge >= 0.3 is 0 Å². The molecular formula is C23H26N4O2. The second-order valence-electron chi connectivity index (χ2n) is 7.84. The van der Waals surface area contributed by atoms with Crippen molar-refractivity contribution in [2.24, 2.45) is 5.92 Å². The minimum atomic E-state index is -1.10. The largest absolute Gasteiger partial charge is 0.343 e. The maximum absolute atomic E-state index is 13.8. The highest BCUT2D eigenvalue weighted by atomic mass is 16.2. The zero-order chi connectivity index (χ0) is 20.4. The third kappa shape index (κ3) is 3.39. The van der Waals surface area contributed by atoms with Crippen molar-refractivity contribution in [3.8, 4) is 0 Å². The number of piperidine rings is 1. The molecule has 2 N–H and O–H groups in total. The van der Waals surface area contributed by atoms with Gasteiger partial charge in [-0.15, -0.1) is 0 Å². The van der Waals surface area contributed by atoms with Gasteiger partial charge in [0.2, 0.25) is 5.91 Å². The summed E-state index contributed by atoms with van der Waals surface area (Å²) in [6, 6.07) is 19.2. The summed E-state index contributed by atoms with van der Waals surface area (Å²) in [4.78, 5) is 28.9. The molecule has 2 aliphatic heterocycles. The molecule has 0 aliphatic carbocycles. The minimum absolute atomic E-state index is 0.0681. The lowest BCUT2D eigenvalue weighted by atomic mass is 9.82. The second kappa shape index (κ2) is 7.70. The molecule has 2 fully saturated rings. The van der Waals surface area contributed by atoms with Crippen LogP contribution in [0.4, 0.5) is 0 Å². The topological polar surface area (TPSA) is 76.5 Å². The zero-order valence-electron chi connectivity index (χ0n) is 16.6. The SMILES string of the molecule is CC(=O)N1CCC[C@H](CN2C(=N)NC(c3ccccc3)(c3ccccc3)C2=O)C1. The van der Waals surface area contributed by atoms with E-state index in [-0.39, 0.29) is 23.7 Å². The summed E-state index contributed by atoms with van der Waals surface area (Å²) < 4.78 is 0. The van der Waals surface area contributed by atoms with Crippen molar-refractivity contribution in [1.29, 1.82) is 5.41 Å². The fourth-order valence-corrected chi connectivity index (χ4v) is 4.47. The number of guanidine groups is 1. The molecule has 4 rings (SSSR count). The molecule has 2 aliphatic rings. The molecule has 0 radical (unpaired) electrons. The van der Waals surface area contributed by atoms with Crippen LogP contribution in [0, 0.1) is 11.3 Å². The Morgan fingerprint density at radius 2 is 1.69 bits per heavy atom. The quantitative estimate of drug-likeness (QED) is 0.842. The fourth-order valence-electron chi connectivity index (χ4n) is 4.47. The fraction of sp³-hybridized carbons (Fsp3) is 0.348. The molecule has 0 aromatic heterocycles. The van der Waals surface area contributed by atoms with Crippen molar-refractivity contribution in [1.82, 2.24) is 15.1 Å². The van der Waals surface area contributed by atoms with Crippen LogP contribution >= 0.6 is 0 Å². The Morgan fingerprint density at radius 3 is 2.24 bits per heavy atom. The second-order valence-corrected chi connectivity index (χ2v) is 7.84. The van der Waals surface area contributed by atoms with Crippen molar-refractivity contribution < 1.29 is 9.59 Å². The van der Waals surface area contributed by atoms with E-state index in [1.807, 2.05) is 65.6 Å². The monoisotopic (exact) mass is 390 g/mol. The van der Waals surface area contributed by atoms with Crippen LogP contribution in [0.5, 0.6) is 0 Å². The number of amides is 2. The van der Waals surface area contributed by atoms with Crippen LogP contribution in [0.1, 0.15) is 30.9 Å². The molecule has 0 unspecified atom stereocenters. The van der Waals surface area contributed by atoms with E-state index >= 15 is 0 Å². The molecule has 29 heavy (non-hydrogen) atoms. The highest BCUT2D eigenvalue weighted by Crippen LogP contribution is 2.36. The van der Waals surface area contributed by atoms with E-state index in [9.17, 15) is 9.59 Å². The lowest BCUT2D eigenvalue weighted by Gasteiger charge is -2.34. The average Bonchev–Trinajstić information content (AvgIpc) is 3.01. The van der Waals surface area contributed by atoms with E-state index in [1.54, 1.807) is 11.8 Å². The van der Waals surface area contributed by atoms with Gasteiger partial charge in [-0.25, -0.2) is 0 Å². The predicted octanol–water partition coefficient (Wildman–Crippen LogP) is 2.56. The highest BCUT2D eigenvalue weighted by Gasteiger charge is 2.52. The first kappa shape index (κ1) is 19.2. The molecule has 2 aromatic rings. The van der Waals surface area contributed by atoms with Gasteiger partial charge in [-0.05, 0) is 29.9 Å². The summed E-state index contributed by atoms with van der Waals surface area (Å²) in [5, 5.41) is 11.8. The van der Waals surface area contributed by atoms with Crippen LogP contribution in [-0.2, 0) is 15.1 Å². The first-order valence-corrected chi connectivity index (χ1v) is 10.1. The number of carbonyl (C=O) groups is 2. The van der Waals surface area contributed by atoms with Gasteiger partial charge in [0.05, 0.1) is 0 Å². The summed E-state index contributed by atoms with van der Waals surface area (Å²) in [5.41, 5.74) is 0.532. The van der Waals surface area contributed by atoms with Crippen LogP contribution in [0.15, 0.2) is 60.7 Å². The van der Waals surface area contributed by atoms with Gasteiger partial charge in [-0.3, -0.25) is 19.9 Å². The van der Waals surface area contributed by atoms with Crippen molar-refractivity contribution >= 4 is 17.8 Å². The zero-order valence-corrected chi connectivity index (χ0v) is 16.6. The molecular weight excluding hydrogens is 364 g/mol. The Bertz CT molecular complexity index is 873. The highest BCUT2D eigenvalue weighted by molar-refractivity contribution is 6.10. The summed E-state index contributed by atoms with van der Waals surface area (Å²) in [6.07, 6.45) is 1.88. The third-order valence-electron chi connectivity index (χ3n) is 5.96. The molecule has 0 bridgehead atoms. The number of nitrogens with zero attached hydrogens (tertiary/aromatic N) is 2. The van der Waals surface area contributed by atoms with E-state index in [0.29, 0.717) is 13.1 Å². The first-order valence-electron chi connectivity index (χ1n) is 10.1. The summed E-state index contributed by atoms with van der Waals surface area (Å²) in [7, 11) is 0. The Morgan fingerprint density at radius 1 is 1.10 bits per heavy atom. The van der Waals surface area contributed by atoms with Crippen molar-refractivity contribution in [2.45, 2.75) is 25.3 Å². The molecule has 2 heterocycles. The molecule has 2 aromatic carbocycles. The maximum Gasteiger partial charge on any atom is 0.264 e. The lowest BCUT2D eigenvalue weighted by Crippen LogP contribution is -2.46. The number of hydrogen-bond acceptors (Lipinski definition) is 3. The number of carbonyl (C=O) groups excluding carboxylic acids is 2. The standard InChI is InChI=1S/C23H26N4O2/c1-17(28)26-14-8-9-18(15-26)16-27-21(29)23(25-22(27)24,19-10-4-2-5-11-19)20-12-6-3-7-13-20/h2-7,10-13,18H,8-9,14-16H2,1H3,(H2,24,25)/t18-/m0/s1. The number of rotatable bonds is 4. The minimum Gasteiger partial charge on any atom is -0.343 e. The normalized spacial score (nSPS) is 21.2. The summed E-state index contributed by atoms with van der Waals surface area (Å²) in [6.45, 7) is 3.43. The molecule has 0 spiro atoms. The van der Waals surface area contributed by atoms with Gasteiger partial charge in [-0.2, -0.15) is 0 Å². The molecule has 150 valence electrons. The van der Waals surface area contributed by atoms with Crippen molar-refractivity contribution in [2.75, 3.05) is 19.6 Å². The number of benzene rings is 2. The number of hydrogen-bond donors (Lipinski definition) is 2. The van der Waals surface area contributed by atoms with Gasteiger partial charge in [0.15, 0.2) is 11.5 Å². The molecule has 2 saturated heterocycles. The van der Waals surface area contributed by atoms with Gasteiger partial charge in [0.1, 0.15) is 0 Å². The van der Waals surface area contributed by atoms with Crippen molar-refractivity contribution in [3.05, 3.63) is 71.8 Å². The molecule has 0 saturated carbocycles. The van der Waals surface area contributed by atoms with Gasteiger partial charge in [0.25, 0.3) is 5.91 Å². The van der Waals surface area contributed by atoms with Gasteiger partial charge < -0.3 is 10.2 Å². The van der Waals surface area contributed by atoms with E-state index in [4.69, 9.17) is 5.41 Å². The summed E-state index contributed by atoms with van der Waals surface area (Å²) >= 11 is 0. The lowest BCUT2D eigenvalue weighted by molar-refractivity contribution is -0.131. The Hall–Kier alpha value is -3.15. The van der Waals surface area contributed by atoms with Crippen LogP contribution < -0.4 is 5.32 Å².